The summed E-state index contributed by atoms with van der Waals surface area (Å²) in [5.41, 5.74) is 0. The van der Waals surface area contributed by atoms with E-state index in [-0.39, 0.29) is 24.4 Å². The fourth-order valence-corrected chi connectivity index (χ4v) is 3.20. The second kappa shape index (κ2) is 7.99. The van der Waals surface area contributed by atoms with E-state index in [1.54, 1.807) is 19.1 Å². The summed E-state index contributed by atoms with van der Waals surface area (Å²) in [7, 11) is -3.67. The number of nitrogens with zero attached hydrogens (tertiary/aromatic N) is 1. The number of carbonyl (C=O) groups is 1. The molecule has 0 unspecified atom stereocenters. The van der Waals surface area contributed by atoms with Gasteiger partial charge in [-0.25, -0.2) is 8.42 Å². The van der Waals surface area contributed by atoms with Crippen LogP contribution in [0.25, 0.3) is 0 Å². The summed E-state index contributed by atoms with van der Waals surface area (Å²) in [5, 5.41) is 8.67. The molecular weight excluding hydrogens is 294 g/mol. The molecule has 1 aromatic carbocycles. The van der Waals surface area contributed by atoms with Crippen LogP contribution in [-0.4, -0.2) is 43.5 Å². The predicted molar refractivity (Wildman–Crippen MR) is 78.9 cm³/mol. The summed E-state index contributed by atoms with van der Waals surface area (Å²) >= 11 is 0. The van der Waals surface area contributed by atoms with Gasteiger partial charge in [0.1, 0.15) is 5.75 Å². The Balaban J connectivity index is 2.87. The van der Waals surface area contributed by atoms with Crippen LogP contribution in [0, 0.1) is 0 Å². The van der Waals surface area contributed by atoms with Crippen LogP contribution < -0.4 is 4.74 Å². The zero-order chi connectivity index (χ0) is 15.9. The van der Waals surface area contributed by atoms with Gasteiger partial charge >= 0.3 is 5.97 Å². The molecule has 21 heavy (non-hydrogen) atoms. The highest BCUT2D eigenvalue weighted by molar-refractivity contribution is 7.89. The second-order valence-corrected chi connectivity index (χ2v) is 6.40. The fraction of sp³-hybridized carbons (Fsp3) is 0.500. The van der Waals surface area contributed by atoms with Crippen LogP contribution in [0.1, 0.15) is 26.7 Å². The van der Waals surface area contributed by atoms with Crippen molar-refractivity contribution in [2.75, 3.05) is 19.7 Å². The molecule has 1 rings (SSSR count). The first-order chi connectivity index (χ1) is 9.91. The van der Waals surface area contributed by atoms with Crippen LogP contribution >= 0.6 is 0 Å². The molecular formula is C14H21NO5S. The van der Waals surface area contributed by atoms with E-state index < -0.39 is 16.0 Å². The van der Waals surface area contributed by atoms with Gasteiger partial charge in [0.05, 0.1) is 17.9 Å². The lowest BCUT2D eigenvalue weighted by molar-refractivity contribution is -0.137. The van der Waals surface area contributed by atoms with Crippen LogP contribution in [-0.2, 0) is 14.8 Å². The number of carboxylic acid groups (broad SMARTS) is 1. The minimum absolute atomic E-state index is 0.0394. The van der Waals surface area contributed by atoms with Crippen molar-refractivity contribution in [1.29, 1.82) is 0 Å². The van der Waals surface area contributed by atoms with Crippen molar-refractivity contribution < 1.29 is 23.1 Å². The molecule has 0 heterocycles. The Morgan fingerprint density at radius 1 is 1.24 bits per heavy atom. The van der Waals surface area contributed by atoms with E-state index in [2.05, 4.69) is 0 Å². The standard InChI is InChI=1S/C14H21NO5S/c1-3-11-20-12-5-7-13(8-6-12)21(18,19)15(4-2)10-9-14(16)17/h5-8H,3-4,9-11H2,1-2H3,(H,16,17). The van der Waals surface area contributed by atoms with Crippen LogP contribution in [0.15, 0.2) is 29.2 Å². The molecule has 0 aliphatic heterocycles. The number of carboxylic acids is 1. The van der Waals surface area contributed by atoms with E-state index in [0.717, 1.165) is 10.7 Å². The molecule has 0 aliphatic carbocycles. The highest BCUT2D eigenvalue weighted by Gasteiger charge is 2.23. The summed E-state index contributed by atoms with van der Waals surface area (Å²) in [6.07, 6.45) is 0.656. The van der Waals surface area contributed by atoms with Gasteiger partial charge in [0.15, 0.2) is 0 Å². The van der Waals surface area contributed by atoms with Crippen molar-refractivity contribution in [3.8, 4) is 5.75 Å². The van der Waals surface area contributed by atoms with Gasteiger partial charge in [-0.1, -0.05) is 13.8 Å². The number of hydrogen-bond donors (Lipinski definition) is 1. The average Bonchev–Trinajstić information content (AvgIpc) is 2.45. The van der Waals surface area contributed by atoms with E-state index in [0.29, 0.717) is 12.4 Å². The summed E-state index contributed by atoms with van der Waals surface area (Å²) < 4.78 is 31.3. The second-order valence-electron chi connectivity index (χ2n) is 4.46. The van der Waals surface area contributed by atoms with Crippen molar-refractivity contribution in [2.45, 2.75) is 31.6 Å². The molecule has 0 amide bonds. The molecule has 0 radical (unpaired) electrons. The fourth-order valence-electron chi connectivity index (χ4n) is 1.75. The topological polar surface area (TPSA) is 83.9 Å². The largest absolute Gasteiger partial charge is 0.494 e. The highest BCUT2D eigenvalue weighted by Crippen LogP contribution is 2.20. The lowest BCUT2D eigenvalue weighted by atomic mass is 10.3. The Hall–Kier alpha value is -1.60. The van der Waals surface area contributed by atoms with Crippen LogP contribution in [0.5, 0.6) is 5.75 Å². The third kappa shape index (κ3) is 5.02. The molecule has 1 aromatic rings. The summed E-state index contributed by atoms with van der Waals surface area (Å²) in [5.74, 6) is -0.406. The maximum Gasteiger partial charge on any atom is 0.304 e. The van der Waals surface area contributed by atoms with Gasteiger partial charge in [-0.2, -0.15) is 4.31 Å². The zero-order valence-electron chi connectivity index (χ0n) is 12.3. The summed E-state index contributed by atoms with van der Waals surface area (Å²) in [6.45, 7) is 4.43. The van der Waals surface area contributed by atoms with Crippen molar-refractivity contribution in [2.24, 2.45) is 0 Å². The number of sulfonamides is 1. The average molecular weight is 315 g/mol. The van der Waals surface area contributed by atoms with Gasteiger partial charge in [-0.15, -0.1) is 0 Å². The smallest absolute Gasteiger partial charge is 0.304 e. The third-order valence-corrected chi connectivity index (χ3v) is 4.85. The highest BCUT2D eigenvalue weighted by atomic mass is 32.2. The summed E-state index contributed by atoms with van der Waals surface area (Å²) in [4.78, 5) is 10.7. The SMILES string of the molecule is CCCOc1ccc(S(=O)(=O)N(CC)CCC(=O)O)cc1. The van der Waals surface area contributed by atoms with Crippen molar-refractivity contribution >= 4 is 16.0 Å². The molecule has 6 nitrogen and oxygen atoms in total. The molecule has 0 aliphatic rings. The predicted octanol–water partition coefficient (Wildman–Crippen LogP) is 1.96. The Labute approximate surface area is 125 Å². The Morgan fingerprint density at radius 3 is 2.33 bits per heavy atom. The van der Waals surface area contributed by atoms with Gasteiger partial charge < -0.3 is 9.84 Å². The quantitative estimate of drug-likeness (QED) is 0.753. The molecule has 0 saturated carbocycles. The summed E-state index contributed by atoms with van der Waals surface area (Å²) in [6, 6.07) is 6.16. The Bertz CT molecular complexity index is 553. The first kappa shape index (κ1) is 17.5. The van der Waals surface area contributed by atoms with E-state index in [1.807, 2.05) is 6.92 Å². The maximum absolute atomic E-state index is 12.4. The van der Waals surface area contributed by atoms with Gasteiger partial charge in [0.25, 0.3) is 0 Å². The molecule has 0 bridgehead atoms. The maximum atomic E-state index is 12.4. The molecule has 0 fully saturated rings. The van der Waals surface area contributed by atoms with E-state index >= 15 is 0 Å². The number of aliphatic carboxylic acids is 1. The molecule has 0 spiro atoms. The van der Waals surface area contributed by atoms with E-state index in [1.165, 1.54) is 12.1 Å². The van der Waals surface area contributed by atoms with Crippen molar-refractivity contribution in [3.63, 3.8) is 0 Å². The normalized spacial score (nSPS) is 11.6. The van der Waals surface area contributed by atoms with Gasteiger partial charge in [-0.3, -0.25) is 4.79 Å². The lowest BCUT2D eigenvalue weighted by Gasteiger charge is -2.19. The third-order valence-electron chi connectivity index (χ3n) is 2.86. The minimum atomic E-state index is -3.67. The monoisotopic (exact) mass is 315 g/mol. The molecule has 0 atom stereocenters. The molecule has 0 saturated heterocycles. The molecule has 1 N–H and O–H groups in total. The van der Waals surface area contributed by atoms with Crippen LogP contribution in [0.2, 0.25) is 0 Å². The molecule has 0 aromatic heterocycles. The number of ether oxygens (including phenoxy) is 1. The first-order valence-corrected chi connectivity index (χ1v) is 8.30. The Morgan fingerprint density at radius 2 is 1.86 bits per heavy atom. The first-order valence-electron chi connectivity index (χ1n) is 6.86. The van der Waals surface area contributed by atoms with E-state index in [9.17, 15) is 13.2 Å². The van der Waals surface area contributed by atoms with Crippen LogP contribution in [0.4, 0.5) is 0 Å². The van der Waals surface area contributed by atoms with Crippen molar-refractivity contribution in [3.05, 3.63) is 24.3 Å². The number of hydrogen-bond acceptors (Lipinski definition) is 4. The van der Waals surface area contributed by atoms with Gasteiger partial charge in [-0.05, 0) is 30.7 Å². The molecule has 7 heteroatoms. The Kier molecular flexibility index (Phi) is 6.64. The zero-order valence-corrected chi connectivity index (χ0v) is 13.1. The van der Waals surface area contributed by atoms with Gasteiger partial charge in [0.2, 0.25) is 10.0 Å². The lowest BCUT2D eigenvalue weighted by Crippen LogP contribution is -2.32. The number of rotatable bonds is 9. The molecule has 118 valence electrons. The minimum Gasteiger partial charge on any atom is -0.494 e. The number of benzene rings is 1. The van der Waals surface area contributed by atoms with E-state index in [4.69, 9.17) is 9.84 Å². The van der Waals surface area contributed by atoms with Crippen molar-refractivity contribution in [1.82, 2.24) is 4.31 Å². The van der Waals surface area contributed by atoms with Crippen LogP contribution in [0.3, 0.4) is 0 Å². The van der Waals surface area contributed by atoms with Gasteiger partial charge in [0, 0.05) is 13.1 Å².